The minimum absolute atomic E-state index is 1.02. The molecule has 0 heteroatoms. The van der Waals surface area contributed by atoms with Crippen molar-refractivity contribution in [1.82, 2.24) is 0 Å². The summed E-state index contributed by atoms with van der Waals surface area (Å²) in [6.07, 6.45) is 11.8. The number of hydrogen-bond acceptors (Lipinski definition) is 0. The van der Waals surface area contributed by atoms with E-state index in [1.54, 1.807) is 5.92 Å². The Bertz CT molecular complexity index is 96.6. The van der Waals surface area contributed by atoms with E-state index in [2.05, 4.69) is 13.8 Å². The second kappa shape index (κ2) is 5.61. The average molecular weight is 167 g/mol. The molecule has 0 bridgehead atoms. The fourth-order valence-corrected chi connectivity index (χ4v) is 2.32. The van der Waals surface area contributed by atoms with Gasteiger partial charge < -0.3 is 0 Å². The molecular formula is C12H23. The van der Waals surface area contributed by atoms with Gasteiger partial charge in [0.15, 0.2) is 0 Å². The quantitative estimate of drug-likeness (QED) is 0.573. The summed E-state index contributed by atoms with van der Waals surface area (Å²) in [4.78, 5) is 0. The lowest BCUT2D eigenvalue weighted by molar-refractivity contribution is 0.365. The maximum atomic E-state index is 2.28. The highest BCUT2D eigenvalue weighted by Gasteiger charge is 2.12. The molecule has 0 unspecified atom stereocenters. The van der Waals surface area contributed by atoms with Crippen LogP contribution in [-0.4, -0.2) is 0 Å². The molecule has 1 fully saturated rings. The van der Waals surface area contributed by atoms with Crippen LogP contribution in [-0.2, 0) is 0 Å². The van der Waals surface area contributed by atoms with Crippen molar-refractivity contribution in [2.75, 3.05) is 0 Å². The molecule has 71 valence electrons. The van der Waals surface area contributed by atoms with Crippen molar-refractivity contribution < 1.29 is 0 Å². The first-order chi connectivity index (χ1) is 5.79. The number of hydrogen-bond donors (Lipinski definition) is 0. The zero-order valence-electron chi connectivity index (χ0n) is 8.73. The van der Waals surface area contributed by atoms with Gasteiger partial charge in [0.1, 0.15) is 0 Å². The average Bonchev–Trinajstić information content (AvgIpc) is 1.93. The molecule has 0 heterocycles. The van der Waals surface area contributed by atoms with Crippen molar-refractivity contribution in [3.8, 4) is 0 Å². The first-order valence-electron chi connectivity index (χ1n) is 5.58. The lowest BCUT2D eigenvalue weighted by Crippen LogP contribution is -2.05. The summed E-state index contributed by atoms with van der Waals surface area (Å²) >= 11 is 0. The second-order valence-electron chi connectivity index (χ2n) is 4.62. The zero-order chi connectivity index (χ0) is 8.81. The normalized spacial score (nSPS) is 22.2. The van der Waals surface area contributed by atoms with Gasteiger partial charge in [-0.1, -0.05) is 58.8 Å². The van der Waals surface area contributed by atoms with Crippen molar-refractivity contribution >= 4 is 0 Å². The van der Waals surface area contributed by atoms with E-state index in [-0.39, 0.29) is 0 Å². The maximum Gasteiger partial charge on any atom is -0.0300 e. The Balaban J connectivity index is 2.20. The van der Waals surface area contributed by atoms with Crippen molar-refractivity contribution in [3.63, 3.8) is 0 Å². The van der Waals surface area contributed by atoms with Gasteiger partial charge in [0.25, 0.3) is 0 Å². The first kappa shape index (κ1) is 10.1. The van der Waals surface area contributed by atoms with E-state index in [9.17, 15) is 0 Å². The van der Waals surface area contributed by atoms with E-state index in [1.165, 1.54) is 51.4 Å². The monoisotopic (exact) mass is 167 g/mol. The van der Waals surface area contributed by atoms with Crippen LogP contribution in [0, 0.1) is 11.8 Å². The Labute approximate surface area is 77.7 Å². The van der Waals surface area contributed by atoms with Crippen LogP contribution < -0.4 is 0 Å². The molecule has 0 nitrogen and oxygen atoms in total. The third-order valence-electron chi connectivity index (χ3n) is 2.92. The second-order valence-corrected chi connectivity index (χ2v) is 4.62. The molecule has 1 saturated carbocycles. The molecule has 0 amide bonds. The van der Waals surface area contributed by atoms with E-state index >= 15 is 0 Å². The maximum absolute atomic E-state index is 2.28. The molecule has 0 N–H and O–H groups in total. The summed E-state index contributed by atoms with van der Waals surface area (Å²) in [6, 6.07) is 0. The molecule has 1 aliphatic rings. The highest BCUT2D eigenvalue weighted by molar-refractivity contribution is 4.81. The Hall–Kier alpha value is 0. The van der Waals surface area contributed by atoms with Crippen LogP contribution in [0.2, 0.25) is 0 Å². The minimum Gasteiger partial charge on any atom is -0.0594 e. The van der Waals surface area contributed by atoms with E-state index < -0.39 is 0 Å². The number of rotatable bonds is 2. The van der Waals surface area contributed by atoms with Gasteiger partial charge in [-0.3, -0.25) is 0 Å². The van der Waals surface area contributed by atoms with Gasteiger partial charge in [-0.15, -0.1) is 0 Å². The van der Waals surface area contributed by atoms with E-state index in [1.807, 2.05) is 0 Å². The van der Waals surface area contributed by atoms with Crippen molar-refractivity contribution in [1.29, 1.82) is 0 Å². The molecule has 1 radical (unpaired) electrons. The molecule has 0 aromatic rings. The first-order valence-corrected chi connectivity index (χ1v) is 5.58. The molecule has 0 spiro atoms. The van der Waals surface area contributed by atoms with Crippen molar-refractivity contribution in [3.05, 3.63) is 5.92 Å². The van der Waals surface area contributed by atoms with Gasteiger partial charge in [-0.05, 0) is 18.3 Å². The predicted molar refractivity (Wildman–Crippen MR) is 55.0 cm³/mol. The molecule has 0 aromatic heterocycles. The van der Waals surface area contributed by atoms with Crippen LogP contribution in [0.25, 0.3) is 0 Å². The lowest BCUT2D eigenvalue weighted by atomic mass is 9.85. The van der Waals surface area contributed by atoms with E-state index in [0.717, 1.165) is 5.92 Å². The van der Waals surface area contributed by atoms with Crippen LogP contribution >= 0.6 is 0 Å². The Morgan fingerprint density at radius 2 is 1.42 bits per heavy atom. The standard InChI is InChI=1S/C12H23/c1-11(2)10-12-8-6-4-3-5-7-9-12/h12H,3-10H2,1-2H3. The summed E-state index contributed by atoms with van der Waals surface area (Å²) in [5.74, 6) is 2.65. The Kier molecular flexibility index (Phi) is 4.72. The SMILES string of the molecule is C[C](C)CC1CCCCCCC1. The van der Waals surface area contributed by atoms with Gasteiger partial charge >= 0.3 is 0 Å². The summed E-state index contributed by atoms with van der Waals surface area (Å²) in [7, 11) is 0. The fraction of sp³-hybridized carbons (Fsp3) is 0.917. The highest BCUT2D eigenvalue weighted by atomic mass is 14.2. The largest absolute Gasteiger partial charge is 0.0594 e. The molecule has 0 aromatic carbocycles. The smallest absolute Gasteiger partial charge is 0.0300 e. The van der Waals surface area contributed by atoms with Crippen molar-refractivity contribution in [2.24, 2.45) is 5.92 Å². The third kappa shape index (κ3) is 4.13. The van der Waals surface area contributed by atoms with Gasteiger partial charge in [0.2, 0.25) is 0 Å². The molecule has 1 rings (SSSR count). The molecule has 0 atom stereocenters. The van der Waals surface area contributed by atoms with Gasteiger partial charge in [0.05, 0.1) is 0 Å². The van der Waals surface area contributed by atoms with Crippen molar-refractivity contribution in [2.45, 2.75) is 65.2 Å². The zero-order valence-corrected chi connectivity index (χ0v) is 8.73. The highest BCUT2D eigenvalue weighted by Crippen LogP contribution is 2.27. The lowest BCUT2D eigenvalue weighted by Gasteiger charge is -2.20. The van der Waals surface area contributed by atoms with Gasteiger partial charge in [-0.2, -0.15) is 0 Å². The van der Waals surface area contributed by atoms with E-state index in [4.69, 9.17) is 0 Å². The fourth-order valence-electron chi connectivity index (χ4n) is 2.32. The van der Waals surface area contributed by atoms with Crippen LogP contribution in [0.1, 0.15) is 65.2 Å². The molecular weight excluding hydrogens is 144 g/mol. The van der Waals surface area contributed by atoms with Gasteiger partial charge in [-0.25, -0.2) is 0 Å². The minimum atomic E-state index is 1.02. The molecule has 1 aliphatic carbocycles. The Morgan fingerprint density at radius 3 is 1.92 bits per heavy atom. The molecule has 0 aliphatic heterocycles. The van der Waals surface area contributed by atoms with Gasteiger partial charge in [0, 0.05) is 0 Å². The Morgan fingerprint density at radius 1 is 0.917 bits per heavy atom. The van der Waals surface area contributed by atoms with Crippen LogP contribution in [0.15, 0.2) is 0 Å². The van der Waals surface area contributed by atoms with E-state index in [0.29, 0.717) is 0 Å². The summed E-state index contributed by atoms with van der Waals surface area (Å²) in [5, 5.41) is 0. The summed E-state index contributed by atoms with van der Waals surface area (Å²) < 4.78 is 0. The van der Waals surface area contributed by atoms with Crippen LogP contribution in [0.5, 0.6) is 0 Å². The molecule has 12 heavy (non-hydrogen) atoms. The topological polar surface area (TPSA) is 0 Å². The van der Waals surface area contributed by atoms with Crippen LogP contribution in [0.4, 0.5) is 0 Å². The summed E-state index contributed by atoms with van der Waals surface area (Å²) in [6.45, 7) is 4.55. The summed E-state index contributed by atoms with van der Waals surface area (Å²) in [5.41, 5.74) is 0. The predicted octanol–water partition coefficient (Wildman–Crippen LogP) is 4.35. The third-order valence-corrected chi connectivity index (χ3v) is 2.92. The molecule has 0 saturated heterocycles. The van der Waals surface area contributed by atoms with Crippen LogP contribution in [0.3, 0.4) is 0 Å².